The van der Waals surface area contributed by atoms with Crippen molar-refractivity contribution in [3.63, 3.8) is 0 Å². The number of hydrogen-bond acceptors (Lipinski definition) is 5. The summed E-state index contributed by atoms with van der Waals surface area (Å²) in [5.74, 6) is -0.842. The van der Waals surface area contributed by atoms with E-state index in [4.69, 9.17) is 11.6 Å². The molecular formula is C22H20ClF4N5OS. The predicted molar refractivity (Wildman–Crippen MR) is 122 cm³/mol. The first-order chi connectivity index (χ1) is 16.2. The molecule has 34 heavy (non-hydrogen) atoms. The van der Waals surface area contributed by atoms with Crippen LogP contribution in [0.25, 0.3) is 0 Å². The Morgan fingerprint density at radius 2 is 1.82 bits per heavy atom. The summed E-state index contributed by atoms with van der Waals surface area (Å²) in [6.45, 7) is 1.66. The second kappa shape index (κ2) is 8.77. The van der Waals surface area contributed by atoms with Gasteiger partial charge in [-0.3, -0.25) is 4.79 Å². The second-order valence-electron chi connectivity index (χ2n) is 8.22. The average Bonchev–Trinajstić information content (AvgIpc) is 3.47. The molecule has 2 atom stereocenters. The Hall–Kier alpha value is -2.79. The number of thiophene rings is 1. The maximum Gasteiger partial charge on any atom is 0.410 e. The van der Waals surface area contributed by atoms with E-state index in [1.54, 1.807) is 29.6 Å². The van der Waals surface area contributed by atoms with Gasteiger partial charge in [0.2, 0.25) is 0 Å². The lowest BCUT2D eigenvalue weighted by Crippen LogP contribution is -2.49. The monoisotopic (exact) mass is 513 g/mol. The smallest absolute Gasteiger partial charge is 0.368 e. The third-order valence-corrected chi connectivity index (χ3v) is 7.49. The Balaban J connectivity index is 1.37. The van der Waals surface area contributed by atoms with Crippen molar-refractivity contribution in [1.29, 1.82) is 0 Å². The average molecular weight is 514 g/mol. The van der Waals surface area contributed by atoms with E-state index in [-0.39, 0.29) is 28.8 Å². The Morgan fingerprint density at radius 3 is 2.44 bits per heavy atom. The summed E-state index contributed by atoms with van der Waals surface area (Å²) >= 11 is 7.79. The Bertz CT molecular complexity index is 1170. The number of amides is 1. The summed E-state index contributed by atoms with van der Waals surface area (Å²) in [7, 11) is 0. The largest absolute Gasteiger partial charge is 0.410 e. The Labute approximate surface area is 201 Å². The zero-order valence-electron chi connectivity index (χ0n) is 17.7. The van der Waals surface area contributed by atoms with Crippen molar-refractivity contribution in [3.05, 3.63) is 63.2 Å². The first-order valence-corrected chi connectivity index (χ1v) is 11.9. The van der Waals surface area contributed by atoms with Crippen LogP contribution in [-0.4, -0.2) is 52.9 Å². The van der Waals surface area contributed by atoms with Crippen molar-refractivity contribution in [2.75, 3.05) is 36.4 Å². The van der Waals surface area contributed by atoms with Crippen molar-refractivity contribution in [2.24, 2.45) is 0 Å². The molecule has 180 valence electrons. The number of anilines is 2. The maximum absolute atomic E-state index is 13.9. The Morgan fingerprint density at radius 1 is 1.12 bits per heavy atom. The minimum absolute atomic E-state index is 0.00180. The van der Waals surface area contributed by atoms with Gasteiger partial charge in [-0.2, -0.15) is 18.3 Å². The zero-order chi connectivity index (χ0) is 24.0. The molecule has 0 saturated carbocycles. The predicted octanol–water partition coefficient (Wildman–Crippen LogP) is 5.36. The highest BCUT2D eigenvalue weighted by Crippen LogP contribution is 2.47. The highest BCUT2D eigenvalue weighted by Gasteiger charge is 2.48. The lowest BCUT2D eigenvalue weighted by molar-refractivity contribution is -0.173. The van der Waals surface area contributed by atoms with Crippen molar-refractivity contribution in [3.8, 4) is 0 Å². The summed E-state index contributed by atoms with van der Waals surface area (Å²) in [6.07, 6.45) is -4.80. The van der Waals surface area contributed by atoms with E-state index in [0.717, 1.165) is 15.2 Å². The SMILES string of the molecule is O=C(c1nn2c(c1Cl)N[C@H](c1cccs1)C[C@@H]2C(F)(F)F)N1CCN(c2ccc(F)cc2)CC1. The number of carbonyl (C=O) groups is 1. The number of alkyl halides is 3. The summed E-state index contributed by atoms with van der Waals surface area (Å²) < 4.78 is 55.7. The molecule has 12 heteroatoms. The molecule has 0 bridgehead atoms. The van der Waals surface area contributed by atoms with Crippen molar-refractivity contribution in [2.45, 2.75) is 24.7 Å². The number of piperazine rings is 1. The van der Waals surface area contributed by atoms with E-state index in [1.807, 2.05) is 4.90 Å². The molecule has 5 rings (SSSR count). The van der Waals surface area contributed by atoms with E-state index in [1.165, 1.54) is 28.4 Å². The standard InChI is InChI=1S/C22H20ClF4N5OS/c23-18-19(21(33)31-9-7-30(8-10-31)14-5-3-13(24)4-6-14)29-32-17(22(25,26)27)12-15(28-20(18)32)16-2-1-11-34-16/h1-6,11,15,17,28H,7-10,12H2/t15-,17+/m0/s1. The lowest BCUT2D eigenvalue weighted by atomic mass is 10.0. The van der Waals surface area contributed by atoms with Crippen LogP contribution in [0.3, 0.4) is 0 Å². The molecule has 0 radical (unpaired) electrons. The minimum atomic E-state index is -4.55. The summed E-state index contributed by atoms with van der Waals surface area (Å²) in [5, 5.41) is 8.78. The van der Waals surface area contributed by atoms with Crippen LogP contribution in [0.1, 0.15) is 33.9 Å². The molecule has 1 N–H and O–H groups in total. The highest BCUT2D eigenvalue weighted by atomic mass is 35.5. The summed E-state index contributed by atoms with van der Waals surface area (Å²) in [4.78, 5) is 17.5. The number of nitrogens with one attached hydrogen (secondary N) is 1. The summed E-state index contributed by atoms with van der Waals surface area (Å²) in [6, 6.07) is 7.13. The number of benzene rings is 1. The van der Waals surface area contributed by atoms with Gasteiger partial charge in [-0.1, -0.05) is 17.7 Å². The highest BCUT2D eigenvalue weighted by molar-refractivity contribution is 7.10. The fraction of sp³-hybridized carbons (Fsp3) is 0.364. The molecule has 2 aliphatic heterocycles. The third-order valence-electron chi connectivity index (χ3n) is 6.14. The van der Waals surface area contributed by atoms with E-state index >= 15 is 0 Å². The van der Waals surface area contributed by atoms with E-state index in [2.05, 4.69) is 10.4 Å². The summed E-state index contributed by atoms with van der Waals surface area (Å²) in [5.41, 5.74) is 0.640. The molecule has 1 saturated heterocycles. The Kier molecular flexibility index (Phi) is 5.93. The first-order valence-electron chi connectivity index (χ1n) is 10.7. The van der Waals surface area contributed by atoms with E-state index < -0.39 is 24.2 Å². The van der Waals surface area contributed by atoms with Crippen molar-refractivity contribution >= 4 is 40.4 Å². The van der Waals surface area contributed by atoms with Gasteiger partial charge >= 0.3 is 6.18 Å². The third kappa shape index (κ3) is 4.22. The molecule has 4 heterocycles. The molecule has 2 aliphatic rings. The molecule has 0 spiro atoms. The first kappa shape index (κ1) is 23.0. The van der Waals surface area contributed by atoms with Gasteiger partial charge in [0.1, 0.15) is 16.7 Å². The lowest BCUT2D eigenvalue weighted by Gasteiger charge is -2.35. The number of nitrogens with zero attached hydrogens (tertiary/aromatic N) is 4. The normalized spacial score (nSPS) is 20.7. The fourth-order valence-corrected chi connectivity index (χ4v) is 5.42. The van der Waals surface area contributed by atoms with Crippen LogP contribution in [0.4, 0.5) is 29.1 Å². The van der Waals surface area contributed by atoms with Crippen LogP contribution in [0, 0.1) is 5.82 Å². The van der Waals surface area contributed by atoms with Crippen LogP contribution < -0.4 is 10.2 Å². The molecule has 3 aromatic rings. The van der Waals surface area contributed by atoms with Crippen LogP contribution in [0.5, 0.6) is 0 Å². The molecule has 6 nitrogen and oxygen atoms in total. The molecule has 1 amide bonds. The number of halogens is 5. The zero-order valence-corrected chi connectivity index (χ0v) is 19.3. The molecular weight excluding hydrogens is 494 g/mol. The number of fused-ring (bicyclic) bond motifs is 1. The number of hydrogen-bond donors (Lipinski definition) is 1. The number of rotatable bonds is 3. The minimum Gasteiger partial charge on any atom is -0.368 e. The number of aromatic nitrogens is 2. The van der Waals surface area contributed by atoms with Crippen LogP contribution in [0.15, 0.2) is 41.8 Å². The molecule has 2 aromatic heterocycles. The topological polar surface area (TPSA) is 53.4 Å². The van der Waals surface area contributed by atoms with Crippen LogP contribution in [-0.2, 0) is 0 Å². The van der Waals surface area contributed by atoms with E-state index in [0.29, 0.717) is 26.2 Å². The molecule has 0 aliphatic carbocycles. The van der Waals surface area contributed by atoms with Gasteiger partial charge in [0.15, 0.2) is 11.7 Å². The van der Waals surface area contributed by atoms with E-state index in [9.17, 15) is 22.4 Å². The van der Waals surface area contributed by atoms with Crippen LogP contribution in [0.2, 0.25) is 5.02 Å². The fourth-order valence-electron chi connectivity index (χ4n) is 4.37. The van der Waals surface area contributed by atoms with Crippen molar-refractivity contribution < 1.29 is 22.4 Å². The van der Waals surface area contributed by atoms with Crippen LogP contribution >= 0.6 is 22.9 Å². The maximum atomic E-state index is 13.9. The quantitative estimate of drug-likeness (QED) is 0.479. The van der Waals surface area contributed by atoms with Gasteiger partial charge in [-0.15, -0.1) is 11.3 Å². The van der Waals surface area contributed by atoms with Gasteiger partial charge in [-0.05, 0) is 35.7 Å². The second-order valence-corrected chi connectivity index (χ2v) is 9.57. The van der Waals surface area contributed by atoms with Gasteiger partial charge in [0, 0.05) is 43.2 Å². The van der Waals surface area contributed by atoms with Gasteiger partial charge in [0.25, 0.3) is 5.91 Å². The van der Waals surface area contributed by atoms with Crippen molar-refractivity contribution in [1.82, 2.24) is 14.7 Å². The molecule has 0 unspecified atom stereocenters. The molecule has 1 fully saturated rings. The van der Waals surface area contributed by atoms with Gasteiger partial charge in [-0.25, -0.2) is 9.07 Å². The number of carbonyl (C=O) groups excluding carboxylic acids is 1. The molecule has 1 aromatic carbocycles. The van der Waals surface area contributed by atoms with Gasteiger partial charge < -0.3 is 15.1 Å². The van der Waals surface area contributed by atoms with Gasteiger partial charge in [0.05, 0.1) is 6.04 Å².